The molecule has 0 aromatic carbocycles. The molecule has 0 amide bonds. The van der Waals surface area contributed by atoms with Gasteiger partial charge in [-0.2, -0.15) is 0 Å². The third kappa shape index (κ3) is 6.93. The molecule has 2 heteroatoms. The lowest BCUT2D eigenvalue weighted by Crippen LogP contribution is -1.88. The molecule has 0 aliphatic heterocycles. The number of hydrogen-bond donors (Lipinski definition) is 0. The van der Waals surface area contributed by atoms with E-state index in [2.05, 4.69) is 0 Å². The van der Waals surface area contributed by atoms with Crippen molar-refractivity contribution in [1.82, 2.24) is 0 Å². The predicted octanol–water partition coefficient (Wildman–Crippen LogP) is 2.06. The summed E-state index contributed by atoms with van der Waals surface area (Å²) >= 11 is 0. The van der Waals surface area contributed by atoms with Crippen LogP contribution in [-0.4, -0.2) is 11.6 Å². The minimum Gasteiger partial charge on any atom is -0.300 e. The minimum atomic E-state index is -0.0268. The second-order valence-electron chi connectivity index (χ2n) is 2.55. The Labute approximate surface area is 73.0 Å². The average molecular weight is 166 g/mol. The van der Waals surface area contributed by atoms with Gasteiger partial charge in [0.2, 0.25) is 0 Å². The summed E-state index contributed by atoms with van der Waals surface area (Å²) in [7, 11) is 0. The van der Waals surface area contributed by atoms with Gasteiger partial charge in [-0.25, -0.2) is 0 Å². The van der Waals surface area contributed by atoms with Crippen LogP contribution in [0.2, 0.25) is 0 Å². The topological polar surface area (TPSA) is 34.1 Å². The number of carbonyl (C=O) groups is 2. The van der Waals surface area contributed by atoms with Crippen molar-refractivity contribution in [2.45, 2.75) is 26.7 Å². The van der Waals surface area contributed by atoms with E-state index in [1.54, 1.807) is 26.0 Å². The highest BCUT2D eigenvalue weighted by Gasteiger charge is 1.90. The molecule has 0 heterocycles. The Bertz CT molecular complexity index is 212. The third-order valence-corrected chi connectivity index (χ3v) is 1.28. The SMILES string of the molecule is C/C=C\C(=O)/C=C/CCC(C)=O. The molecule has 0 aliphatic carbocycles. The number of allylic oxidation sites excluding steroid dienone is 4. The van der Waals surface area contributed by atoms with Crippen molar-refractivity contribution in [3.8, 4) is 0 Å². The van der Waals surface area contributed by atoms with Crippen molar-refractivity contribution < 1.29 is 9.59 Å². The number of rotatable bonds is 5. The Kier molecular flexibility index (Phi) is 5.88. The van der Waals surface area contributed by atoms with Crippen molar-refractivity contribution in [1.29, 1.82) is 0 Å². The smallest absolute Gasteiger partial charge is 0.177 e. The second kappa shape index (κ2) is 6.53. The summed E-state index contributed by atoms with van der Waals surface area (Å²) in [5.74, 6) is 0.124. The fraction of sp³-hybridized carbons (Fsp3) is 0.400. The van der Waals surface area contributed by atoms with E-state index in [9.17, 15) is 9.59 Å². The van der Waals surface area contributed by atoms with Crippen LogP contribution in [0.25, 0.3) is 0 Å². The van der Waals surface area contributed by atoms with Gasteiger partial charge in [-0.3, -0.25) is 4.79 Å². The zero-order chi connectivity index (χ0) is 9.40. The molecule has 12 heavy (non-hydrogen) atoms. The molecule has 0 aromatic heterocycles. The molecule has 0 radical (unpaired) electrons. The standard InChI is InChI=1S/C10H14O2/c1-3-6-10(12)8-5-4-7-9(2)11/h3,5-6,8H,4,7H2,1-2H3/b6-3-,8-5+. The van der Waals surface area contributed by atoms with E-state index in [-0.39, 0.29) is 11.6 Å². The number of Topliss-reactive ketones (excluding diaryl/α,β-unsaturated/α-hetero) is 1. The number of hydrogen-bond acceptors (Lipinski definition) is 2. The van der Waals surface area contributed by atoms with Crippen molar-refractivity contribution in [3.05, 3.63) is 24.3 Å². The molecule has 0 unspecified atom stereocenters. The Balaban J connectivity index is 3.62. The van der Waals surface area contributed by atoms with Crippen LogP contribution in [0.3, 0.4) is 0 Å². The molecule has 66 valence electrons. The number of ketones is 2. The van der Waals surface area contributed by atoms with E-state index < -0.39 is 0 Å². The van der Waals surface area contributed by atoms with Gasteiger partial charge in [0.05, 0.1) is 0 Å². The Morgan fingerprint density at radius 2 is 1.92 bits per heavy atom. The molecule has 0 saturated carbocycles. The van der Waals surface area contributed by atoms with Crippen LogP contribution in [0.4, 0.5) is 0 Å². The van der Waals surface area contributed by atoms with Gasteiger partial charge in [-0.05, 0) is 32.4 Å². The Morgan fingerprint density at radius 3 is 2.42 bits per heavy atom. The summed E-state index contributed by atoms with van der Waals surface area (Å²) in [5, 5.41) is 0. The molecular weight excluding hydrogens is 152 g/mol. The molecule has 0 bridgehead atoms. The first-order chi connectivity index (χ1) is 5.66. The minimum absolute atomic E-state index is 0.0268. The maximum Gasteiger partial charge on any atom is 0.177 e. The molecule has 0 spiro atoms. The quantitative estimate of drug-likeness (QED) is 0.586. The molecule has 0 saturated heterocycles. The molecule has 0 aromatic rings. The summed E-state index contributed by atoms with van der Waals surface area (Å²) in [5.41, 5.74) is 0. The lowest BCUT2D eigenvalue weighted by atomic mass is 10.2. The first-order valence-corrected chi connectivity index (χ1v) is 3.99. The average Bonchev–Trinajstić information content (AvgIpc) is 1.98. The number of carbonyl (C=O) groups excluding carboxylic acids is 2. The Hall–Kier alpha value is -1.18. The highest BCUT2D eigenvalue weighted by molar-refractivity contribution is 5.99. The first-order valence-electron chi connectivity index (χ1n) is 3.99. The van der Waals surface area contributed by atoms with Crippen LogP contribution in [0.15, 0.2) is 24.3 Å². The van der Waals surface area contributed by atoms with E-state index >= 15 is 0 Å². The summed E-state index contributed by atoms with van der Waals surface area (Å²) in [6.07, 6.45) is 7.56. The largest absolute Gasteiger partial charge is 0.300 e. The van der Waals surface area contributed by atoms with Crippen LogP contribution in [-0.2, 0) is 9.59 Å². The van der Waals surface area contributed by atoms with E-state index in [0.29, 0.717) is 12.8 Å². The van der Waals surface area contributed by atoms with E-state index in [0.717, 1.165) is 0 Å². The fourth-order valence-corrected chi connectivity index (χ4v) is 0.706. The van der Waals surface area contributed by atoms with Crippen LogP contribution in [0.5, 0.6) is 0 Å². The molecular formula is C10H14O2. The summed E-state index contributed by atoms with van der Waals surface area (Å²) < 4.78 is 0. The molecule has 0 N–H and O–H groups in total. The van der Waals surface area contributed by atoms with Crippen LogP contribution >= 0.6 is 0 Å². The maximum absolute atomic E-state index is 10.8. The van der Waals surface area contributed by atoms with E-state index in [1.165, 1.54) is 12.2 Å². The van der Waals surface area contributed by atoms with Gasteiger partial charge < -0.3 is 4.79 Å². The highest BCUT2D eigenvalue weighted by Crippen LogP contribution is 1.92. The van der Waals surface area contributed by atoms with Crippen molar-refractivity contribution in [2.24, 2.45) is 0 Å². The van der Waals surface area contributed by atoms with Crippen molar-refractivity contribution in [2.75, 3.05) is 0 Å². The predicted molar refractivity (Wildman–Crippen MR) is 48.9 cm³/mol. The Morgan fingerprint density at radius 1 is 1.25 bits per heavy atom. The van der Waals surface area contributed by atoms with Crippen LogP contribution in [0.1, 0.15) is 26.7 Å². The lowest BCUT2D eigenvalue weighted by molar-refractivity contribution is -0.117. The zero-order valence-corrected chi connectivity index (χ0v) is 7.54. The zero-order valence-electron chi connectivity index (χ0n) is 7.54. The normalized spacial score (nSPS) is 11.2. The summed E-state index contributed by atoms with van der Waals surface area (Å²) in [6.45, 7) is 3.34. The molecule has 0 fully saturated rings. The third-order valence-electron chi connectivity index (χ3n) is 1.28. The monoisotopic (exact) mass is 166 g/mol. The highest BCUT2D eigenvalue weighted by atomic mass is 16.1. The van der Waals surface area contributed by atoms with Gasteiger partial charge in [-0.1, -0.05) is 12.2 Å². The van der Waals surface area contributed by atoms with Gasteiger partial charge in [0, 0.05) is 6.42 Å². The van der Waals surface area contributed by atoms with Gasteiger partial charge in [0.15, 0.2) is 5.78 Å². The van der Waals surface area contributed by atoms with Crippen molar-refractivity contribution in [3.63, 3.8) is 0 Å². The van der Waals surface area contributed by atoms with Crippen LogP contribution in [0, 0.1) is 0 Å². The lowest BCUT2D eigenvalue weighted by Gasteiger charge is -1.86. The molecule has 2 nitrogen and oxygen atoms in total. The summed E-state index contributed by atoms with van der Waals surface area (Å²) in [4.78, 5) is 21.3. The first kappa shape index (κ1) is 10.8. The molecule has 0 rings (SSSR count). The van der Waals surface area contributed by atoms with Gasteiger partial charge in [-0.15, -0.1) is 0 Å². The summed E-state index contributed by atoms with van der Waals surface area (Å²) in [6, 6.07) is 0. The fourth-order valence-electron chi connectivity index (χ4n) is 0.706. The maximum atomic E-state index is 10.8. The van der Waals surface area contributed by atoms with E-state index in [4.69, 9.17) is 0 Å². The second-order valence-corrected chi connectivity index (χ2v) is 2.55. The van der Waals surface area contributed by atoms with Crippen LogP contribution < -0.4 is 0 Å². The van der Waals surface area contributed by atoms with Crippen molar-refractivity contribution >= 4 is 11.6 Å². The molecule has 0 atom stereocenters. The van der Waals surface area contributed by atoms with Gasteiger partial charge in [0.25, 0.3) is 0 Å². The van der Waals surface area contributed by atoms with Gasteiger partial charge >= 0.3 is 0 Å². The molecule has 0 aliphatic rings. The van der Waals surface area contributed by atoms with Gasteiger partial charge in [0.1, 0.15) is 5.78 Å². The van der Waals surface area contributed by atoms with E-state index in [1.807, 2.05) is 0 Å².